The molecule has 0 saturated heterocycles. The molecule has 22 heavy (non-hydrogen) atoms. The van der Waals surface area contributed by atoms with Crippen LogP contribution in [0.15, 0.2) is 29.2 Å². The van der Waals surface area contributed by atoms with Gasteiger partial charge in [0, 0.05) is 31.8 Å². The molecule has 1 amide bonds. The number of rotatable bonds is 7. The quantitative estimate of drug-likeness (QED) is 0.683. The molecule has 0 aliphatic carbocycles. The van der Waals surface area contributed by atoms with Crippen LogP contribution in [0.5, 0.6) is 0 Å². The van der Waals surface area contributed by atoms with Crippen LogP contribution >= 0.6 is 0 Å². The van der Waals surface area contributed by atoms with E-state index in [-0.39, 0.29) is 17.5 Å². The molecule has 118 valence electrons. The summed E-state index contributed by atoms with van der Waals surface area (Å²) >= 11 is 0. The maximum Gasteiger partial charge on any atom is 0.250 e. The third-order valence-electron chi connectivity index (χ3n) is 3.54. The molecular formula is C16H22N4O2. The Balaban J connectivity index is 1.95. The van der Waals surface area contributed by atoms with Crippen molar-refractivity contribution in [3.8, 4) is 0 Å². The highest BCUT2D eigenvalue weighted by Gasteiger charge is 2.07. The molecule has 1 unspecified atom stereocenters. The Bertz CT molecular complexity index is 696. The van der Waals surface area contributed by atoms with Gasteiger partial charge in [0.05, 0.1) is 11.2 Å². The van der Waals surface area contributed by atoms with Gasteiger partial charge in [0.2, 0.25) is 5.91 Å². The number of aromatic amines is 1. The van der Waals surface area contributed by atoms with Crippen molar-refractivity contribution in [2.45, 2.75) is 39.2 Å². The Morgan fingerprint density at radius 2 is 2.27 bits per heavy atom. The summed E-state index contributed by atoms with van der Waals surface area (Å²) in [5.41, 5.74) is 2.08. The first kappa shape index (κ1) is 16.0. The molecule has 0 radical (unpaired) electrons. The van der Waals surface area contributed by atoms with E-state index in [1.54, 1.807) is 12.3 Å². The Morgan fingerprint density at radius 1 is 1.45 bits per heavy atom. The third-order valence-corrected chi connectivity index (χ3v) is 3.54. The van der Waals surface area contributed by atoms with Crippen molar-refractivity contribution >= 4 is 22.6 Å². The summed E-state index contributed by atoms with van der Waals surface area (Å²) in [6.45, 7) is 4.32. The Morgan fingerprint density at radius 3 is 3.00 bits per heavy atom. The molecule has 2 heterocycles. The van der Waals surface area contributed by atoms with E-state index in [9.17, 15) is 9.59 Å². The minimum atomic E-state index is -0.146. The minimum absolute atomic E-state index is 0.00426. The zero-order valence-corrected chi connectivity index (χ0v) is 13.0. The lowest BCUT2D eigenvalue weighted by Gasteiger charge is -2.16. The monoisotopic (exact) mass is 302 g/mol. The van der Waals surface area contributed by atoms with Gasteiger partial charge >= 0.3 is 0 Å². The van der Waals surface area contributed by atoms with Crippen LogP contribution in [0.4, 0.5) is 5.69 Å². The van der Waals surface area contributed by atoms with E-state index in [1.165, 1.54) is 13.0 Å². The Hall–Kier alpha value is -2.37. The number of amides is 1. The molecule has 0 saturated carbocycles. The number of fused-ring (bicyclic) bond motifs is 1. The molecule has 2 rings (SSSR count). The molecule has 3 N–H and O–H groups in total. The fraction of sp³-hybridized carbons (Fsp3) is 0.438. The molecule has 6 heteroatoms. The predicted molar refractivity (Wildman–Crippen MR) is 88.0 cm³/mol. The largest absolute Gasteiger partial charge is 0.383 e. The van der Waals surface area contributed by atoms with Crippen LogP contribution in [0.3, 0.4) is 0 Å². The number of carbonyl (C=O) groups excluding carboxylic acids is 1. The van der Waals surface area contributed by atoms with Crippen LogP contribution < -0.4 is 16.2 Å². The molecule has 6 nitrogen and oxygen atoms in total. The Kier molecular flexibility index (Phi) is 5.52. The number of hydrogen-bond donors (Lipinski definition) is 3. The van der Waals surface area contributed by atoms with Gasteiger partial charge in [0.15, 0.2) is 0 Å². The zero-order valence-electron chi connectivity index (χ0n) is 13.0. The van der Waals surface area contributed by atoms with Crippen LogP contribution in [0.25, 0.3) is 11.0 Å². The van der Waals surface area contributed by atoms with Crippen molar-refractivity contribution in [3.63, 3.8) is 0 Å². The zero-order chi connectivity index (χ0) is 15.9. The van der Waals surface area contributed by atoms with Crippen molar-refractivity contribution < 1.29 is 4.79 Å². The van der Waals surface area contributed by atoms with Gasteiger partial charge in [0.1, 0.15) is 5.52 Å². The summed E-state index contributed by atoms with van der Waals surface area (Å²) < 4.78 is 0. The lowest BCUT2D eigenvalue weighted by molar-refractivity contribution is -0.119. The fourth-order valence-corrected chi connectivity index (χ4v) is 2.46. The van der Waals surface area contributed by atoms with Crippen LogP contribution in [0, 0.1) is 0 Å². The van der Waals surface area contributed by atoms with Gasteiger partial charge < -0.3 is 15.6 Å². The lowest BCUT2D eigenvalue weighted by atomic mass is 10.1. The third kappa shape index (κ3) is 4.31. The Labute approximate surface area is 129 Å². The van der Waals surface area contributed by atoms with Gasteiger partial charge in [-0.3, -0.25) is 14.6 Å². The molecule has 0 fully saturated rings. The van der Waals surface area contributed by atoms with Crippen LogP contribution in [-0.4, -0.2) is 28.5 Å². The molecular weight excluding hydrogens is 280 g/mol. The van der Waals surface area contributed by atoms with Gasteiger partial charge in [-0.2, -0.15) is 0 Å². The highest BCUT2D eigenvalue weighted by Crippen LogP contribution is 2.16. The smallest absolute Gasteiger partial charge is 0.250 e. The highest BCUT2D eigenvalue weighted by molar-refractivity contribution is 5.86. The second kappa shape index (κ2) is 7.59. The SMILES string of the molecule is CCC(CCCNc1cc(=O)[nH]c2cccnc12)NC(C)=O. The summed E-state index contributed by atoms with van der Waals surface area (Å²) in [5, 5.41) is 6.20. The van der Waals surface area contributed by atoms with Crippen molar-refractivity contribution in [2.75, 3.05) is 11.9 Å². The number of nitrogens with one attached hydrogen (secondary N) is 3. The molecule has 0 spiro atoms. The van der Waals surface area contributed by atoms with Gasteiger partial charge in [-0.05, 0) is 31.4 Å². The summed E-state index contributed by atoms with van der Waals surface area (Å²) in [7, 11) is 0. The van der Waals surface area contributed by atoms with Crippen molar-refractivity contribution in [1.29, 1.82) is 0 Å². The van der Waals surface area contributed by atoms with Gasteiger partial charge in [-0.1, -0.05) is 6.92 Å². The fourth-order valence-electron chi connectivity index (χ4n) is 2.46. The second-order valence-corrected chi connectivity index (χ2v) is 5.32. The number of aromatic nitrogens is 2. The number of nitrogens with zero attached hydrogens (tertiary/aromatic N) is 1. The van der Waals surface area contributed by atoms with E-state index < -0.39 is 0 Å². The molecule has 0 aliphatic rings. The minimum Gasteiger partial charge on any atom is -0.383 e. The summed E-state index contributed by atoms with van der Waals surface area (Å²) in [5.74, 6) is 0.00426. The van der Waals surface area contributed by atoms with E-state index in [0.717, 1.165) is 42.5 Å². The number of anilines is 1. The summed E-state index contributed by atoms with van der Waals surface area (Å²) in [4.78, 5) is 29.8. The summed E-state index contributed by atoms with van der Waals surface area (Å²) in [6, 6.07) is 5.36. The van der Waals surface area contributed by atoms with E-state index in [2.05, 4.69) is 27.5 Å². The van der Waals surface area contributed by atoms with Crippen LogP contribution in [0.1, 0.15) is 33.1 Å². The molecule has 0 aliphatic heterocycles. The summed E-state index contributed by atoms with van der Waals surface area (Å²) in [6.07, 6.45) is 4.42. The first-order chi connectivity index (χ1) is 10.6. The molecule has 0 bridgehead atoms. The van der Waals surface area contributed by atoms with Crippen molar-refractivity contribution in [1.82, 2.24) is 15.3 Å². The number of carbonyl (C=O) groups is 1. The number of pyridine rings is 2. The first-order valence-electron chi connectivity index (χ1n) is 7.59. The van der Waals surface area contributed by atoms with Crippen LogP contribution in [0.2, 0.25) is 0 Å². The highest BCUT2D eigenvalue weighted by atomic mass is 16.1. The average Bonchev–Trinajstić information content (AvgIpc) is 2.49. The maximum atomic E-state index is 11.6. The predicted octanol–water partition coefficient (Wildman–Crippen LogP) is 2.03. The van der Waals surface area contributed by atoms with E-state index in [1.807, 2.05) is 6.07 Å². The molecule has 0 aromatic carbocycles. The lowest BCUT2D eigenvalue weighted by Crippen LogP contribution is -2.32. The van der Waals surface area contributed by atoms with Crippen LogP contribution in [-0.2, 0) is 4.79 Å². The van der Waals surface area contributed by atoms with Gasteiger partial charge in [0.25, 0.3) is 5.56 Å². The first-order valence-corrected chi connectivity index (χ1v) is 7.59. The second-order valence-electron chi connectivity index (χ2n) is 5.32. The van der Waals surface area contributed by atoms with E-state index in [4.69, 9.17) is 0 Å². The molecule has 1 atom stereocenters. The number of H-pyrrole nitrogens is 1. The average molecular weight is 302 g/mol. The van der Waals surface area contributed by atoms with Crippen molar-refractivity contribution in [3.05, 3.63) is 34.7 Å². The standard InChI is InChI=1S/C16H22N4O2/c1-3-12(19-11(2)21)6-4-8-17-14-10-15(22)20-13-7-5-9-18-16(13)14/h5,7,9-10,12H,3-4,6,8H2,1-2H3,(H,19,21)(H2,17,20,22). The molecule has 2 aromatic rings. The maximum absolute atomic E-state index is 11.6. The van der Waals surface area contributed by atoms with Gasteiger partial charge in [-0.15, -0.1) is 0 Å². The van der Waals surface area contributed by atoms with Gasteiger partial charge in [-0.25, -0.2) is 0 Å². The normalized spacial score (nSPS) is 12.1. The topological polar surface area (TPSA) is 86.9 Å². The van der Waals surface area contributed by atoms with E-state index in [0.29, 0.717) is 0 Å². The number of hydrogen-bond acceptors (Lipinski definition) is 4. The van der Waals surface area contributed by atoms with E-state index >= 15 is 0 Å². The van der Waals surface area contributed by atoms with Crippen molar-refractivity contribution in [2.24, 2.45) is 0 Å². The molecule has 2 aromatic heterocycles.